The SMILES string of the molecule is O=C(NN=Cc1ccccc1C(F)(F)F)/C(=C/C=C\c1ccccc1)NC(=O)c1ccccc1. The van der Waals surface area contributed by atoms with Crippen molar-refractivity contribution in [1.82, 2.24) is 10.7 Å². The molecule has 3 rings (SSSR count). The summed E-state index contributed by atoms with van der Waals surface area (Å²) >= 11 is 0. The van der Waals surface area contributed by atoms with Crippen molar-refractivity contribution < 1.29 is 22.8 Å². The van der Waals surface area contributed by atoms with Crippen molar-refractivity contribution in [3.63, 3.8) is 0 Å². The molecule has 3 aromatic carbocycles. The standard InChI is InChI=1S/C26H20F3N3O2/c27-26(28,29)22-16-8-7-15-21(22)18-30-32-25(34)23(17-9-12-19-10-3-1-4-11-19)31-24(33)20-13-5-2-6-14-20/h1-18H,(H,31,33)(H,32,34)/b12-9-,23-17-,30-18?. The van der Waals surface area contributed by atoms with E-state index in [1.165, 1.54) is 24.3 Å². The van der Waals surface area contributed by atoms with Crippen LogP contribution in [0.3, 0.4) is 0 Å². The highest BCUT2D eigenvalue weighted by Gasteiger charge is 2.32. The van der Waals surface area contributed by atoms with E-state index < -0.39 is 23.6 Å². The maximum absolute atomic E-state index is 13.1. The first-order valence-electron chi connectivity index (χ1n) is 10.1. The van der Waals surface area contributed by atoms with Crippen LogP contribution in [0.2, 0.25) is 0 Å². The zero-order chi connectivity index (χ0) is 24.4. The normalized spacial score (nSPS) is 12.1. The fraction of sp³-hybridized carbons (Fsp3) is 0.0385. The molecule has 0 unspecified atom stereocenters. The Morgan fingerprint density at radius 1 is 0.824 bits per heavy atom. The molecule has 0 bridgehead atoms. The van der Waals surface area contributed by atoms with Gasteiger partial charge >= 0.3 is 6.18 Å². The summed E-state index contributed by atoms with van der Waals surface area (Å²) in [4.78, 5) is 25.2. The van der Waals surface area contributed by atoms with E-state index in [1.807, 2.05) is 30.3 Å². The van der Waals surface area contributed by atoms with Crippen LogP contribution in [-0.4, -0.2) is 18.0 Å². The number of rotatable bonds is 7. The lowest BCUT2D eigenvalue weighted by Gasteiger charge is -2.10. The third-order valence-electron chi connectivity index (χ3n) is 4.52. The maximum Gasteiger partial charge on any atom is 0.417 e. The average Bonchev–Trinajstić information content (AvgIpc) is 2.84. The summed E-state index contributed by atoms with van der Waals surface area (Å²) in [5, 5.41) is 6.15. The minimum absolute atomic E-state index is 0.137. The van der Waals surface area contributed by atoms with Crippen LogP contribution >= 0.6 is 0 Å². The van der Waals surface area contributed by atoms with Crippen molar-refractivity contribution >= 4 is 24.1 Å². The van der Waals surface area contributed by atoms with Crippen LogP contribution in [0, 0.1) is 0 Å². The molecule has 34 heavy (non-hydrogen) atoms. The number of carbonyl (C=O) groups excluding carboxylic acids is 2. The van der Waals surface area contributed by atoms with E-state index in [0.29, 0.717) is 5.56 Å². The highest BCUT2D eigenvalue weighted by Crippen LogP contribution is 2.31. The van der Waals surface area contributed by atoms with Gasteiger partial charge in [0.05, 0.1) is 11.8 Å². The van der Waals surface area contributed by atoms with E-state index in [1.54, 1.807) is 42.5 Å². The second-order valence-corrected chi connectivity index (χ2v) is 6.95. The van der Waals surface area contributed by atoms with Gasteiger partial charge in [-0.25, -0.2) is 5.43 Å². The van der Waals surface area contributed by atoms with E-state index in [-0.39, 0.29) is 11.3 Å². The van der Waals surface area contributed by atoms with Crippen molar-refractivity contribution in [3.8, 4) is 0 Å². The maximum atomic E-state index is 13.1. The van der Waals surface area contributed by atoms with Crippen molar-refractivity contribution in [2.24, 2.45) is 5.10 Å². The average molecular weight is 463 g/mol. The predicted molar refractivity (Wildman–Crippen MR) is 125 cm³/mol. The van der Waals surface area contributed by atoms with Gasteiger partial charge in [0.1, 0.15) is 5.70 Å². The second kappa shape index (κ2) is 11.4. The van der Waals surface area contributed by atoms with Crippen LogP contribution in [0.1, 0.15) is 27.0 Å². The lowest BCUT2D eigenvalue weighted by atomic mass is 10.1. The number of alkyl halides is 3. The van der Waals surface area contributed by atoms with Crippen LogP contribution in [0.25, 0.3) is 6.08 Å². The van der Waals surface area contributed by atoms with Gasteiger partial charge in [-0.2, -0.15) is 18.3 Å². The summed E-state index contributed by atoms with van der Waals surface area (Å²) < 4.78 is 39.4. The molecule has 0 fully saturated rings. The molecule has 8 heteroatoms. The highest BCUT2D eigenvalue weighted by atomic mass is 19.4. The number of hydrazone groups is 1. The van der Waals surface area contributed by atoms with Gasteiger partial charge in [0, 0.05) is 11.1 Å². The van der Waals surface area contributed by atoms with Gasteiger partial charge in [-0.05, 0) is 29.8 Å². The van der Waals surface area contributed by atoms with Gasteiger partial charge in [-0.3, -0.25) is 9.59 Å². The molecule has 0 aromatic heterocycles. The van der Waals surface area contributed by atoms with Crippen LogP contribution in [0.4, 0.5) is 13.2 Å². The van der Waals surface area contributed by atoms with Gasteiger partial charge in [-0.1, -0.05) is 78.9 Å². The van der Waals surface area contributed by atoms with Crippen LogP contribution < -0.4 is 10.7 Å². The zero-order valence-corrected chi connectivity index (χ0v) is 17.8. The van der Waals surface area contributed by atoms with E-state index in [4.69, 9.17) is 0 Å². The number of halogens is 3. The number of hydrogen-bond acceptors (Lipinski definition) is 3. The van der Waals surface area contributed by atoms with Crippen molar-refractivity contribution in [2.75, 3.05) is 0 Å². The van der Waals surface area contributed by atoms with Crippen LogP contribution in [0.5, 0.6) is 0 Å². The highest BCUT2D eigenvalue weighted by molar-refractivity contribution is 6.03. The fourth-order valence-electron chi connectivity index (χ4n) is 2.87. The summed E-state index contributed by atoms with van der Waals surface area (Å²) in [6.45, 7) is 0. The largest absolute Gasteiger partial charge is 0.417 e. The lowest BCUT2D eigenvalue weighted by molar-refractivity contribution is -0.137. The molecule has 0 radical (unpaired) electrons. The minimum atomic E-state index is -4.57. The van der Waals surface area contributed by atoms with Crippen molar-refractivity contribution in [3.05, 3.63) is 125 Å². The molecule has 0 saturated heterocycles. The quantitative estimate of drug-likeness (QED) is 0.219. The number of nitrogens with one attached hydrogen (secondary N) is 2. The molecule has 0 aliphatic heterocycles. The molecule has 0 saturated carbocycles. The molecule has 0 aliphatic carbocycles. The molecular weight excluding hydrogens is 443 g/mol. The van der Waals surface area contributed by atoms with Crippen molar-refractivity contribution in [1.29, 1.82) is 0 Å². The molecule has 0 aliphatic rings. The molecule has 2 N–H and O–H groups in total. The number of amides is 2. The minimum Gasteiger partial charge on any atom is -0.317 e. The van der Waals surface area contributed by atoms with E-state index in [2.05, 4.69) is 15.8 Å². The topological polar surface area (TPSA) is 70.6 Å². The van der Waals surface area contributed by atoms with E-state index in [9.17, 15) is 22.8 Å². The predicted octanol–water partition coefficient (Wildman–Crippen LogP) is 5.18. The second-order valence-electron chi connectivity index (χ2n) is 6.95. The lowest BCUT2D eigenvalue weighted by Crippen LogP contribution is -2.32. The monoisotopic (exact) mass is 463 g/mol. The molecule has 5 nitrogen and oxygen atoms in total. The Balaban J connectivity index is 1.79. The Morgan fingerprint density at radius 3 is 2.12 bits per heavy atom. The van der Waals surface area contributed by atoms with Gasteiger partial charge in [0.2, 0.25) is 0 Å². The molecule has 0 spiro atoms. The Morgan fingerprint density at radius 2 is 1.44 bits per heavy atom. The summed E-state index contributed by atoms with van der Waals surface area (Å²) in [5.74, 6) is -1.33. The van der Waals surface area contributed by atoms with Gasteiger partial charge in [-0.15, -0.1) is 0 Å². The molecule has 0 heterocycles. The van der Waals surface area contributed by atoms with E-state index >= 15 is 0 Å². The number of benzene rings is 3. The number of nitrogens with zero attached hydrogens (tertiary/aromatic N) is 1. The summed E-state index contributed by atoms with van der Waals surface area (Å²) in [6, 6.07) is 22.4. The number of allylic oxidation sites excluding steroid dienone is 2. The summed E-state index contributed by atoms with van der Waals surface area (Å²) in [5.41, 5.74) is 2.13. The molecule has 0 atom stereocenters. The first-order chi connectivity index (χ1) is 16.3. The third kappa shape index (κ3) is 7.03. The van der Waals surface area contributed by atoms with Crippen LogP contribution in [0.15, 0.2) is 108 Å². The van der Waals surface area contributed by atoms with Crippen molar-refractivity contribution in [2.45, 2.75) is 6.18 Å². The molecule has 3 aromatic rings. The molecule has 172 valence electrons. The van der Waals surface area contributed by atoms with Gasteiger partial charge in [0.15, 0.2) is 0 Å². The Bertz CT molecular complexity index is 1220. The molecular formula is C26H20F3N3O2. The fourth-order valence-corrected chi connectivity index (χ4v) is 2.87. The summed E-state index contributed by atoms with van der Waals surface area (Å²) in [7, 11) is 0. The first-order valence-corrected chi connectivity index (χ1v) is 10.1. The van der Waals surface area contributed by atoms with E-state index in [0.717, 1.165) is 17.8 Å². The Kier molecular flexibility index (Phi) is 8.12. The van der Waals surface area contributed by atoms with Crippen LogP contribution in [-0.2, 0) is 11.0 Å². The Hall–Kier alpha value is -4.46. The molecule has 2 amide bonds. The summed E-state index contributed by atoms with van der Waals surface area (Å²) in [6.07, 6.45) is 1.01. The first kappa shape index (κ1) is 24.2. The number of hydrogen-bond donors (Lipinski definition) is 2. The zero-order valence-electron chi connectivity index (χ0n) is 17.8. The smallest absolute Gasteiger partial charge is 0.317 e. The number of carbonyl (C=O) groups is 2. The van der Waals surface area contributed by atoms with Gasteiger partial charge in [0.25, 0.3) is 11.8 Å². The Labute approximate surface area is 194 Å². The third-order valence-corrected chi connectivity index (χ3v) is 4.52. The van der Waals surface area contributed by atoms with Gasteiger partial charge < -0.3 is 5.32 Å².